The van der Waals surface area contributed by atoms with Crippen LogP contribution in [0.1, 0.15) is 23.9 Å². The molecule has 0 aliphatic carbocycles. The lowest BCUT2D eigenvalue weighted by Gasteiger charge is -2.35. The summed E-state index contributed by atoms with van der Waals surface area (Å²) in [6, 6.07) is 12.0. The van der Waals surface area contributed by atoms with Crippen LogP contribution in [0, 0.1) is 13.8 Å². The van der Waals surface area contributed by atoms with E-state index in [4.69, 9.17) is 19.6 Å². The first-order valence-corrected chi connectivity index (χ1v) is 12.7. The second-order valence-corrected chi connectivity index (χ2v) is 9.42. The zero-order chi connectivity index (χ0) is 26.8. The minimum absolute atomic E-state index is 0.102. The third-order valence-corrected chi connectivity index (χ3v) is 6.91. The maximum Gasteiger partial charge on any atom is 0.219 e. The van der Waals surface area contributed by atoms with Crippen LogP contribution in [0.3, 0.4) is 0 Å². The van der Waals surface area contributed by atoms with Crippen LogP contribution in [-0.4, -0.2) is 70.8 Å². The molecule has 4 aromatic rings. The van der Waals surface area contributed by atoms with E-state index >= 15 is 0 Å². The lowest BCUT2D eigenvalue weighted by Crippen LogP contribution is -2.48. The summed E-state index contributed by atoms with van der Waals surface area (Å²) >= 11 is 0. The normalized spacial score (nSPS) is 13.6. The number of ether oxygens (including phenoxy) is 2. The van der Waals surface area contributed by atoms with Gasteiger partial charge in [-0.3, -0.25) is 9.78 Å². The van der Waals surface area contributed by atoms with Crippen molar-refractivity contribution >= 4 is 23.2 Å². The van der Waals surface area contributed by atoms with Crippen LogP contribution in [0.5, 0.6) is 11.5 Å². The van der Waals surface area contributed by atoms with Crippen LogP contribution >= 0.6 is 0 Å². The number of anilines is 2. The van der Waals surface area contributed by atoms with Crippen LogP contribution in [-0.2, 0) is 11.3 Å². The van der Waals surface area contributed by atoms with Crippen LogP contribution in [0.25, 0.3) is 16.8 Å². The molecule has 38 heavy (non-hydrogen) atoms. The third-order valence-electron chi connectivity index (χ3n) is 6.91. The predicted octanol–water partition coefficient (Wildman–Crippen LogP) is 3.71. The van der Waals surface area contributed by atoms with Crippen molar-refractivity contribution in [2.45, 2.75) is 27.3 Å². The summed E-state index contributed by atoms with van der Waals surface area (Å²) in [6.45, 7) is 8.97. The van der Waals surface area contributed by atoms with Crippen molar-refractivity contribution in [1.29, 1.82) is 0 Å². The molecular formula is C28H33N7O3. The molecule has 0 saturated carbocycles. The molecule has 10 nitrogen and oxygen atoms in total. The van der Waals surface area contributed by atoms with Crippen LogP contribution in [0.2, 0.25) is 0 Å². The zero-order valence-corrected chi connectivity index (χ0v) is 22.5. The summed E-state index contributed by atoms with van der Waals surface area (Å²) in [5.74, 6) is 3.09. The number of amides is 1. The summed E-state index contributed by atoms with van der Waals surface area (Å²) in [5.41, 5.74) is 5.57. The molecule has 198 valence electrons. The fraction of sp³-hybridized carbons (Fsp3) is 0.357. The van der Waals surface area contributed by atoms with Crippen molar-refractivity contribution < 1.29 is 14.3 Å². The van der Waals surface area contributed by atoms with E-state index in [9.17, 15) is 4.79 Å². The van der Waals surface area contributed by atoms with Gasteiger partial charge in [-0.25, -0.2) is 4.98 Å². The number of carbonyl (C=O) groups is 1. The number of fused-ring (bicyclic) bond motifs is 1. The maximum absolute atomic E-state index is 11.9. The molecule has 1 N–H and O–H groups in total. The Morgan fingerprint density at radius 1 is 1.00 bits per heavy atom. The van der Waals surface area contributed by atoms with Gasteiger partial charge in [-0.05, 0) is 49.2 Å². The second-order valence-electron chi connectivity index (χ2n) is 9.42. The number of hydrogen-bond donors (Lipinski definition) is 1. The van der Waals surface area contributed by atoms with Gasteiger partial charge in [-0.1, -0.05) is 6.07 Å². The molecule has 10 heteroatoms. The highest BCUT2D eigenvalue weighted by Gasteiger charge is 2.23. The molecule has 0 bridgehead atoms. The Morgan fingerprint density at radius 2 is 1.76 bits per heavy atom. The van der Waals surface area contributed by atoms with E-state index < -0.39 is 0 Å². The zero-order valence-electron chi connectivity index (χ0n) is 22.5. The Bertz CT molecular complexity index is 1480. The molecule has 0 radical (unpaired) electrons. The fourth-order valence-corrected chi connectivity index (χ4v) is 4.89. The van der Waals surface area contributed by atoms with E-state index in [-0.39, 0.29) is 5.91 Å². The molecular weight excluding hydrogens is 482 g/mol. The van der Waals surface area contributed by atoms with Crippen molar-refractivity contribution in [3.63, 3.8) is 0 Å². The van der Waals surface area contributed by atoms with E-state index in [2.05, 4.69) is 21.3 Å². The van der Waals surface area contributed by atoms with E-state index in [1.165, 1.54) is 0 Å². The minimum atomic E-state index is 0.102. The standard InChI is InChI=1S/C28H33N7O3/c1-18-14-21(8-9-29-18)17-30-25-16-26(34-12-10-33(11-13-34)20(3)36)31-28-27(19(2)32-35(25)28)22-6-7-23(37-4)24(15-22)38-5/h6-9,14-16,30H,10-13,17H2,1-5H3. The molecule has 0 spiro atoms. The SMILES string of the molecule is COc1ccc(-c2c(C)nn3c(NCc4ccnc(C)c4)cc(N4CCN(C(C)=O)CC4)nc23)cc1OC. The molecule has 1 aliphatic rings. The monoisotopic (exact) mass is 515 g/mol. The number of nitrogens with zero attached hydrogens (tertiary/aromatic N) is 6. The molecule has 4 heterocycles. The topological polar surface area (TPSA) is 97.1 Å². The number of hydrogen-bond acceptors (Lipinski definition) is 8. The van der Waals surface area contributed by atoms with E-state index in [1.54, 1.807) is 21.1 Å². The minimum Gasteiger partial charge on any atom is -0.493 e. The summed E-state index contributed by atoms with van der Waals surface area (Å²) in [5, 5.41) is 8.44. The van der Waals surface area contributed by atoms with Crippen LogP contribution in [0.15, 0.2) is 42.6 Å². The Balaban J connectivity index is 1.59. The number of benzene rings is 1. The highest BCUT2D eigenvalue weighted by Crippen LogP contribution is 2.36. The molecule has 0 atom stereocenters. The average Bonchev–Trinajstić information content (AvgIpc) is 3.27. The van der Waals surface area contributed by atoms with Crippen molar-refractivity contribution in [3.8, 4) is 22.6 Å². The highest BCUT2D eigenvalue weighted by molar-refractivity contribution is 5.83. The number of carbonyl (C=O) groups excluding carboxylic acids is 1. The quantitative estimate of drug-likeness (QED) is 0.398. The molecule has 1 fully saturated rings. The Kier molecular flexibility index (Phi) is 7.04. The van der Waals surface area contributed by atoms with Gasteiger partial charge < -0.3 is 24.6 Å². The van der Waals surface area contributed by atoms with E-state index in [1.807, 2.05) is 59.8 Å². The van der Waals surface area contributed by atoms with Gasteiger partial charge in [-0.15, -0.1) is 0 Å². The van der Waals surface area contributed by atoms with Crippen molar-refractivity contribution in [1.82, 2.24) is 24.5 Å². The highest BCUT2D eigenvalue weighted by atomic mass is 16.5. The Labute approximate surface area is 222 Å². The number of rotatable bonds is 7. The second kappa shape index (κ2) is 10.6. The smallest absolute Gasteiger partial charge is 0.219 e. The third kappa shape index (κ3) is 4.93. The van der Waals surface area contributed by atoms with Crippen molar-refractivity contribution in [3.05, 3.63) is 59.5 Å². The number of aryl methyl sites for hydroxylation is 2. The number of pyridine rings is 1. The Hall–Kier alpha value is -4.34. The summed E-state index contributed by atoms with van der Waals surface area (Å²) in [7, 11) is 3.25. The van der Waals surface area contributed by atoms with Gasteiger partial charge in [0.1, 0.15) is 11.6 Å². The lowest BCUT2D eigenvalue weighted by molar-refractivity contribution is -0.129. The summed E-state index contributed by atoms with van der Waals surface area (Å²) in [6.07, 6.45) is 1.82. The first-order chi connectivity index (χ1) is 18.4. The Morgan fingerprint density at radius 3 is 2.45 bits per heavy atom. The van der Waals surface area contributed by atoms with E-state index in [0.717, 1.165) is 45.4 Å². The largest absolute Gasteiger partial charge is 0.493 e. The molecule has 3 aromatic heterocycles. The van der Waals surface area contributed by atoms with Gasteiger partial charge >= 0.3 is 0 Å². The molecule has 1 aromatic carbocycles. The van der Waals surface area contributed by atoms with Gasteiger partial charge in [0.15, 0.2) is 17.1 Å². The number of aromatic nitrogens is 4. The molecule has 0 unspecified atom stereocenters. The van der Waals surface area contributed by atoms with Crippen LogP contribution < -0.4 is 19.7 Å². The number of methoxy groups -OCH3 is 2. The van der Waals surface area contributed by atoms with E-state index in [0.29, 0.717) is 44.2 Å². The fourth-order valence-electron chi connectivity index (χ4n) is 4.89. The molecule has 1 saturated heterocycles. The first kappa shape index (κ1) is 25.3. The van der Waals surface area contributed by atoms with Crippen molar-refractivity contribution in [2.75, 3.05) is 50.6 Å². The number of piperazine rings is 1. The van der Waals surface area contributed by atoms with Gasteiger partial charge in [-0.2, -0.15) is 9.61 Å². The molecule has 1 aliphatic heterocycles. The van der Waals surface area contributed by atoms with Gasteiger partial charge in [0.05, 0.1) is 19.9 Å². The van der Waals surface area contributed by atoms with Gasteiger partial charge in [0, 0.05) is 63.2 Å². The molecule has 1 amide bonds. The maximum atomic E-state index is 11.9. The van der Waals surface area contributed by atoms with Crippen molar-refractivity contribution in [2.24, 2.45) is 0 Å². The van der Waals surface area contributed by atoms with Crippen LogP contribution in [0.4, 0.5) is 11.6 Å². The summed E-state index contributed by atoms with van der Waals surface area (Å²) < 4.78 is 12.9. The number of nitrogens with one attached hydrogen (secondary N) is 1. The van der Waals surface area contributed by atoms with Gasteiger partial charge in [0.25, 0.3) is 0 Å². The average molecular weight is 516 g/mol. The first-order valence-electron chi connectivity index (χ1n) is 12.7. The summed E-state index contributed by atoms with van der Waals surface area (Å²) in [4.78, 5) is 25.4. The predicted molar refractivity (Wildman–Crippen MR) is 147 cm³/mol. The molecule has 5 rings (SSSR count). The lowest BCUT2D eigenvalue weighted by atomic mass is 10.1. The van der Waals surface area contributed by atoms with Gasteiger partial charge in [0.2, 0.25) is 5.91 Å².